The van der Waals surface area contributed by atoms with E-state index < -0.39 is 14.9 Å². The molecule has 10 heteroatoms. The molecule has 1 aromatic carbocycles. The molecule has 0 bridgehead atoms. The largest absolute Gasteiger partial charge is 0.354 e. The highest BCUT2D eigenvalue weighted by atomic mass is 32.2. The summed E-state index contributed by atoms with van der Waals surface area (Å²) >= 11 is 0. The number of nitro groups is 1. The number of hydrogen-bond acceptors (Lipinski definition) is 6. The number of aryl methyl sites for hydroxylation is 1. The van der Waals surface area contributed by atoms with E-state index in [9.17, 15) is 23.3 Å². The highest BCUT2D eigenvalue weighted by Gasteiger charge is 2.33. The molecule has 156 valence electrons. The highest BCUT2D eigenvalue weighted by molar-refractivity contribution is 7.89. The van der Waals surface area contributed by atoms with Crippen molar-refractivity contribution >= 4 is 21.6 Å². The first kappa shape index (κ1) is 22.3. The second-order valence-corrected chi connectivity index (χ2v) is 9.37. The molecule has 0 saturated carbocycles. The molecular weight excluding hydrogens is 384 g/mol. The Hall–Kier alpha value is -2.04. The van der Waals surface area contributed by atoms with Gasteiger partial charge in [0.2, 0.25) is 15.9 Å². The fourth-order valence-electron chi connectivity index (χ4n) is 3.07. The maximum atomic E-state index is 13.0. The van der Waals surface area contributed by atoms with Crippen LogP contribution >= 0.6 is 0 Å². The number of nitrogens with zero attached hydrogens (tertiary/aromatic N) is 3. The molecule has 1 atom stereocenters. The van der Waals surface area contributed by atoms with Crippen molar-refractivity contribution in [1.82, 2.24) is 14.5 Å². The molecule has 0 aromatic heterocycles. The molecule has 1 aromatic rings. The van der Waals surface area contributed by atoms with Gasteiger partial charge in [-0.15, -0.1) is 0 Å². The summed E-state index contributed by atoms with van der Waals surface area (Å²) in [5.41, 5.74) is 0.215. The van der Waals surface area contributed by atoms with Gasteiger partial charge >= 0.3 is 0 Å². The lowest BCUT2D eigenvalue weighted by Gasteiger charge is -2.37. The third-order valence-electron chi connectivity index (χ3n) is 4.89. The number of carbonyl (C=O) groups is 1. The summed E-state index contributed by atoms with van der Waals surface area (Å²) in [6.45, 7) is 9.36. The van der Waals surface area contributed by atoms with Crippen LogP contribution < -0.4 is 5.32 Å². The number of hydrogen-bond donors (Lipinski definition) is 1. The topological polar surface area (TPSA) is 113 Å². The second kappa shape index (κ2) is 8.97. The van der Waals surface area contributed by atoms with Crippen LogP contribution in [0.5, 0.6) is 0 Å². The van der Waals surface area contributed by atoms with Crippen molar-refractivity contribution in [2.24, 2.45) is 5.92 Å². The third kappa shape index (κ3) is 5.06. The monoisotopic (exact) mass is 412 g/mol. The number of sulfonamides is 1. The zero-order valence-electron chi connectivity index (χ0n) is 16.7. The first-order valence-electron chi connectivity index (χ1n) is 9.31. The Kier molecular flexibility index (Phi) is 7.13. The van der Waals surface area contributed by atoms with Gasteiger partial charge in [0.05, 0.1) is 15.9 Å². The van der Waals surface area contributed by atoms with E-state index in [-0.39, 0.29) is 35.6 Å². The number of nitrogens with one attached hydrogen (secondary N) is 1. The van der Waals surface area contributed by atoms with E-state index in [1.165, 1.54) is 16.4 Å². The van der Waals surface area contributed by atoms with Gasteiger partial charge in [0.25, 0.3) is 5.69 Å². The maximum Gasteiger partial charge on any atom is 0.270 e. The van der Waals surface area contributed by atoms with Crippen LogP contribution in [-0.4, -0.2) is 67.2 Å². The molecule has 1 saturated heterocycles. The second-order valence-electron chi connectivity index (χ2n) is 7.46. The molecular formula is C18H28N4O5S. The van der Waals surface area contributed by atoms with Crippen molar-refractivity contribution in [3.63, 3.8) is 0 Å². The van der Waals surface area contributed by atoms with E-state index in [4.69, 9.17) is 0 Å². The summed E-state index contributed by atoms with van der Waals surface area (Å²) < 4.78 is 27.3. The van der Waals surface area contributed by atoms with E-state index >= 15 is 0 Å². The smallest absolute Gasteiger partial charge is 0.270 e. The lowest BCUT2D eigenvalue weighted by molar-refractivity contribution is -0.385. The van der Waals surface area contributed by atoms with Gasteiger partial charge in [0.1, 0.15) is 0 Å². The van der Waals surface area contributed by atoms with Gasteiger partial charge in [0.15, 0.2) is 0 Å². The maximum absolute atomic E-state index is 13.0. The average molecular weight is 413 g/mol. The van der Waals surface area contributed by atoms with E-state index in [2.05, 4.69) is 5.32 Å². The summed E-state index contributed by atoms with van der Waals surface area (Å²) in [5.74, 6) is 0.288. The number of nitro benzene ring substituents is 1. The SMILES string of the molecule is Cc1ccc([N+](=O)[O-])cc1S(=O)(=O)N1CCN(C(C)C(=O)NCC(C)C)CC1. The Morgan fingerprint density at radius 2 is 1.82 bits per heavy atom. The summed E-state index contributed by atoms with van der Waals surface area (Å²) in [6.07, 6.45) is 0. The quantitative estimate of drug-likeness (QED) is 0.535. The lowest BCUT2D eigenvalue weighted by atomic mass is 10.2. The normalized spacial score (nSPS) is 17.5. The molecule has 1 aliphatic heterocycles. The molecule has 2 rings (SSSR count). The first-order chi connectivity index (χ1) is 13.0. The molecule has 0 radical (unpaired) electrons. The summed E-state index contributed by atoms with van der Waals surface area (Å²) in [5, 5.41) is 13.9. The Balaban J connectivity index is 2.07. The molecule has 1 heterocycles. The fourth-order valence-corrected chi connectivity index (χ4v) is 4.74. The number of amides is 1. The van der Waals surface area contributed by atoms with Crippen molar-refractivity contribution in [1.29, 1.82) is 0 Å². The van der Waals surface area contributed by atoms with E-state index in [0.717, 1.165) is 6.07 Å². The molecule has 0 aliphatic carbocycles. The van der Waals surface area contributed by atoms with Gasteiger partial charge in [0, 0.05) is 44.9 Å². The molecule has 0 spiro atoms. The molecule has 1 aliphatic rings. The third-order valence-corrected chi connectivity index (χ3v) is 6.93. The summed E-state index contributed by atoms with van der Waals surface area (Å²) in [7, 11) is -3.84. The van der Waals surface area contributed by atoms with Crippen molar-refractivity contribution in [2.45, 2.75) is 38.6 Å². The number of non-ortho nitro benzene ring substituents is 1. The zero-order chi connectivity index (χ0) is 21.1. The molecule has 1 N–H and O–H groups in total. The van der Waals surface area contributed by atoms with Crippen molar-refractivity contribution in [3.8, 4) is 0 Å². The average Bonchev–Trinajstić information content (AvgIpc) is 2.65. The van der Waals surface area contributed by atoms with Crippen LogP contribution in [0.3, 0.4) is 0 Å². The standard InChI is InChI=1S/C18H28N4O5S/c1-13(2)12-19-18(23)15(4)20-7-9-21(10-8-20)28(26,27)17-11-16(22(24)25)6-5-14(17)3/h5-6,11,13,15H,7-10,12H2,1-4H3,(H,19,23). The predicted octanol–water partition coefficient (Wildman–Crippen LogP) is 1.37. The van der Waals surface area contributed by atoms with Gasteiger partial charge in [-0.05, 0) is 25.3 Å². The van der Waals surface area contributed by atoms with Crippen LogP contribution in [0.25, 0.3) is 0 Å². The Bertz CT molecular complexity index is 832. The van der Waals surface area contributed by atoms with E-state index in [0.29, 0.717) is 31.1 Å². The van der Waals surface area contributed by atoms with Crippen LogP contribution in [0.2, 0.25) is 0 Å². The van der Waals surface area contributed by atoms with Crippen LogP contribution in [0.4, 0.5) is 5.69 Å². The Morgan fingerprint density at radius 3 is 2.36 bits per heavy atom. The molecule has 1 amide bonds. The Labute approximate surface area is 165 Å². The minimum atomic E-state index is -3.84. The summed E-state index contributed by atoms with van der Waals surface area (Å²) in [4.78, 5) is 24.5. The Morgan fingerprint density at radius 1 is 1.21 bits per heavy atom. The van der Waals surface area contributed by atoms with Gasteiger partial charge in [-0.2, -0.15) is 4.31 Å². The number of benzene rings is 1. The highest BCUT2D eigenvalue weighted by Crippen LogP contribution is 2.25. The van der Waals surface area contributed by atoms with Crippen molar-refractivity contribution in [3.05, 3.63) is 33.9 Å². The van der Waals surface area contributed by atoms with Gasteiger partial charge in [-0.3, -0.25) is 19.8 Å². The number of rotatable bonds is 7. The van der Waals surface area contributed by atoms with E-state index in [1.54, 1.807) is 6.92 Å². The van der Waals surface area contributed by atoms with Crippen LogP contribution in [-0.2, 0) is 14.8 Å². The molecule has 1 unspecified atom stereocenters. The zero-order valence-corrected chi connectivity index (χ0v) is 17.5. The number of piperazine rings is 1. The molecule has 28 heavy (non-hydrogen) atoms. The van der Waals surface area contributed by atoms with Gasteiger partial charge < -0.3 is 5.32 Å². The van der Waals surface area contributed by atoms with Crippen LogP contribution in [0.15, 0.2) is 23.1 Å². The molecule has 1 fully saturated rings. The van der Waals surface area contributed by atoms with Gasteiger partial charge in [-0.1, -0.05) is 19.9 Å². The first-order valence-corrected chi connectivity index (χ1v) is 10.7. The predicted molar refractivity (Wildman–Crippen MR) is 105 cm³/mol. The van der Waals surface area contributed by atoms with Gasteiger partial charge in [-0.25, -0.2) is 8.42 Å². The molecule has 9 nitrogen and oxygen atoms in total. The van der Waals surface area contributed by atoms with Crippen LogP contribution in [0.1, 0.15) is 26.3 Å². The lowest BCUT2D eigenvalue weighted by Crippen LogP contribution is -2.55. The van der Waals surface area contributed by atoms with Crippen molar-refractivity contribution in [2.75, 3.05) is 32.7 Å². The van der Waals surface area contributed by atoms with Crippen molar-refractivity contribution < 1.29 is 18.1 Å². The number of carbonyl (C=O) groups excluding carboxylic acids is 1. The van der Waals surface area contributed by atoms with E-state index in [1.807, 2.05) is 25.7 Å². The van der Waals surface area contributed by atoms with Crippen LogP contribution in [0, 0.1) is 23.0 Å². The fraction of sp³-hybridized carbons (Fsp3) is 0.611. The summed E-state index contributed by atoms with van der Waals surface area (Å²) in [6, 6.07) is 3.51. The minimum Gasteiger partial charge on any atom is -0.354 e. The minimum absolute atomic E-state index is 0.0436.